The lowest BCUT2D eigenvalue weighted by Gasteiger charge is -2.11. The number of nitrogens with zero attached hydrogens (tertiary/aromatic N) is 3. The average Bonchev–Trinajstić information content (AvgIpc) is 2.51. The molecule has 120 valence electrons. The zero-order valence-corrected chi connectivity index (χ0v) is 14.1. The number of hydrogen-bond acceptors (Lipinski definition) is 5. The molecule has 0 N–H and O–H groups in total. The molecule has 0 aliphatic heterocycles. The molecule has 0 fully saturated rings. The summed E-state index contributed by atoms with van der Waals surface area (Å²) in [5.41, 5.74) is -1.58. The van der Waals surface area contributed by atoms with Crippen LogP contribution in [0.5, 0.6) is 0 Å². The van der Waals surface area contributed by atoms with Crippen LogP contribution in [0.2, 0.25) is 0 Å². The maximum Gasteiger partial charge on any atom is 0.330 e. The summed E-state index contributed by atoms with van der Waals surface area (Å²) in [5.74, 6) is -0.686. The quantitative estimate of drug-likeness (QED) is 0.452. The number of aromatic nitrogens is 2. The third-order valence-electron chi connectivity index (χ3n) is 3.59. The van der Waals surface area contributed by atoms with Gasteiger partial charge in [0.05, 0.1) is 4.92 Å². The van der Waals surface area contributed by atoms with Crippen LogP contribution in [0.1, 0.15) is 21.6 Å². The summed E-state index contributed by atoms with van der Waals surface area (Å²) in [5, 5.41) is 10.9. The number of non-ortho nitro benzene ring substituents is 1. The Labute approximate surface area is 138 Å². The van der Waals surface area contributed by atoms with E-state index < -0.39 is 22.0 Å². The predicted octanol–water partition coefficient (Wildman–Crippen LogP) is 1.29. The average molecular weight is 382 g/mol. The van der Waals surface area contributed by atoms with Gasteiger partial charge in [0.1, 0.15) is 5.56 Å². The summed E-state index contributed by atoms with van der Waals surface area (Å²) in [4.78, 5) is 47.1. The Balaban J connectivity index is 2.77. The lowest BCUT2D eigenvalue weighted by molar-refractivity contribution is -0.384. The minimum atomic E-state index is -0.742. The summed E-state index contributed by atoms with van der Waals surface area (Å²) >= 11 is 3.16. The monoisotopic (exact) mass is 381 g/mol. The fraction of sp³-hybridized carbons (Fsp3) is 0.214. The number of hydrogen-bond donors (Lipinski definition) is 0. The Morgan fingerprint density at radius 2 is 1.83 bits per heavy atom. The minimum absolute atomic E-state index is 0.0157. The van der Waals surface area contributed by atoms with E-state index in [9.17, 15) is 24.5 Å². The van der Waals surface area contributed by atoms with E-state index in [1.165, 1.54) is 37.7 Å². The second-order valence-corrected chi connectivity index (χ2v) is 5.77. The maximum absolute atomic E-state index is 12.7. The molecule has 0 aliphatic carbocycles. The maximum atomic E-state index is 12.7. The van der Waals surface area contributed by atoms with Crippen molar-refractivity contribution in [1.29, 1.82) is 0 Å². The Kier molecular flexibility index (Phi) is 4.33. The first-order chi connectivity index (χ1) is 10.7. The van der Waals surface area contributed by atoms with E-state index in [2.05, 4.69) is 15.9 Å². The number of rotatable bonds is 3. The highest BCUT2D eigenvalue weighted by Gasteiger charge is 2.24. The molecule has 0 radical (unpaired) electrons. The zero-order valence-electron chi connectivity index (χ0n) is 12.5. The molecule has 0 saturated heterocycles. The van der Waals surface area contributed by atoms with Crippen LogP contribution in [0, 0.1) is 17.0 Å². The molecule has 0 spiro atoms. The van der Waals surface area contributed by atoms with E-state index in [0.29, 0.717) is 4.47 Å². The molecule has 23 heavy (non-hydrogen) atoms. The van der Waals surface area contributed by atoms with Crippen LogP contribution < -0.4 is 11.2 Å². The molecule has 2 aromatic rings. The number of ketones is 1. The highest BCUT2D eigenvalue weighted by molar-refractivity contribution is 9.10. The van der Waals surface area contributed by atoms with Crippen molar-refractivity contribution in [3.05, 3.63) is 70.4 Å². The number of benzene rings is 1. The fourth-order valence-electron chi connectivity index (χ4n) is 2.14. The minimum Gasteiger partial charge on any atom is -0.300 e. The first-order valence-corrected chi connectivity index (χ1v) is 7.21. The number of nitro benzene ring substituents is 1. The highest BCUT2D eigenvalue weighted by Crippen LogP contribution is 2.24. The summed E-state index contributed by atoms with van der Waals surface area (Å²) in [6.07, 6.45) is 0. The van der Waals surface area contributed by atoms with Gasteiger partial charge in [0.25, 0.3) is 11.2 Å². The molecule has 1 aromatic carbocycles. The lowest BCUT2D eigenvalue weighted by atomic mass is 10.0. The van der Waals surface area contributed by atoms with Crippen molar-refractivity contribution in [2.45, 2.75) is 6.92 Å². The second-order valence-electron chi connectivity index (χ2n) is 4.92. The van der Waals surface area contributed by atoms with Crippen LogP contribution in [0.25, 0.3) is 0 Å². The number of carbonyl (C=O) groups is 1. The van der Waals surface area contributed by atoms with Crippen LogP contribution in [0.4, 0.5) is 5.69 Å². The largest absolute Gasteiger partial charge is 0.330 e. The third kappa shape index (κ3) is 2.74. The predicted molar refractivity (Wildman–Crippen MR) is 85.9 cm³/mol. The molecule has 1 heterocycles. The Hall–Kier alpha value is -2.55. The van der Waals surface area contributed by atoms with Crippen molar-refractivity contribution in [3.63, 3.8) is 0 Å². The summed E-state index contributed by atoms with van der Waals surface area (Å²) in [6.45, 7) is 1.47. The van der Waals surface area contributed by atoms with E-state index in [-0.39, 0.29) is 22.5 Å². The van der Waals surface area contributed by atoms with Gasteiger partial charge < -0.3 is 4.57 Å². The Morgan fingerprint density at radius 3 is 2.39 bits per heavy atom. The van der Waals surface area contributed by atoms with Gasteiger partial charge in [-0.2, -0.15) is 0 Å². The lowest BCUT2D eigenvalue weighted by Crippen LogP contribution is -2.41. The fourth-order valence-corrected chi connectivity index (χ4v) is 2.57. The van der Waals surface area contributed by atoms with Gasteiger partial charge in [-0.1, -0.05) is 15.9 Å². The summed E-state index contributed by atoms with van der Waals surface area (Å²) < 4.78 is 2.33. The number of carbonyl (C=O) groups excluding carboxylic acids is 1. The first kappa shape index (κ1) is 16.8. The topological polar surface area (TPSA) is 104 Å². The molecular weight excluding hydrogens is 370 g/mol. The van der Waals surface area contributed by atoms with Crippen molar-refractivity contribution < 1.29 is 9.72 Å². The molecule has 1 aromatic heterocycles. The smallest absolute Gasteiger partial charge is 0.300 e. The Morgan fingerprint density at radius 1 is 1.22 bits per heavy atom. The van der Waals surface area contributed by atoms with Crippen LogP contribution in [0.3, 0.4) is 0 Å². The van der Waals surface area contributed by atoms with Gasteiger partial charge in [-0.25, -0.2) is 4.79 Å². The van der Waals surface area contributed by atoms with Crippen LogP contribution in [-0.4, -0.2) is 19.8 Å². The number of halogens is 1. The molecule has 0 atom stereocenters. The molecular formula is C14H12BrN3O5. The van der Waals surface area contributed by atoms with Crippen molar-refractivity contribution in [1.82, 2.24) is 9.13 Å². The van der Waals surface area contributed by atoms with E-state index in [0.717, 1.165) is 10.6 Å². The summed E-state index contributed by atoms with van der Waals surface area (Å²) in [7, 11) is 2.71. The SMILES string of the molecule is Cc1c(C(=O)c2cc([N+](=O)[O-])ccc2Br)c(=O)n(C)c(=O)n1C. The second kappa shape index (κ2) is 5.92. The van der Waals surface area contributed by atoms with Crippen molar-refractivity contribution in [2.75, 3.05) is 0 Å². The molecule has 0 unspecified atom stereocenters. The zero-order chi connectivity index (χ0) is 17.5. The van der Waals surface area contributed by atoms with E-state index in [1.807, 2.05) is 0 Å². The molecule has 8 nitrogen and oxygen atoms in total. The molecule has 0 amide bonds. The van der Waals surface area contributed by atoms with E-state index >= 15 is 0 Å². The van der Waals surface area contributed by atoms with Crippen LogP contribution in [0.15, 0.2) is 32.3 Å². The third-order valence-corrected chi connectivity index (χ3v) is 4.28. The normalized spacial score (nSPS) is 10.6. The first-order valence-electron chi connectivity index (χ1n) is 6.42. The van der Waals surface area contributed by atoms with Crippen molar-refractivity contribution in [3.8, 4) is 0 Å². The van der Waals surface area contributed by atoms with E-state index in [4.69, 9.17) is 0 Å². The highest BCUT2D eigenvalue weighted by atomic mass is 79.9. The van der Waals surface area contributed by atoms with Crippen molar-refractivity contribution >= 4 is 27.4 Å². The molecule has 0 bridgehead atoms. The van der Waals surface area contributed by atoms with Gasteiger partial charge >= 0.3 is 5.69 Å². The van der Waals surface area contributed by atoms with Gasteiger partial charge in [-0.3, -0.25) is 24.3 Å². The summed E-state index contributed by atoms with van der Waals surface area (Å²) in [6, 6.07) is 3.70. The number of nitro groups is 1. The van der Waals surface area contributed by atoms with Gasteiger partial charge in [-0.15, -0.1) is 0 Å². The van der Waals surface area contributed by atoms with Gasteiger partial charge in [0.2, 0.25) is 5.78 Å². The van der Waals surface area contributed by atoms with Crippen molar-refractivity contribution in [2.24, 2.45) is 14.1 Å². The van der Waals surface area contributed by atoms with Crippen LogP contribution >= 0.6 is 15.9 Å². The van der Waals surface area contributed by atoms with E-state index in [1.54, 1.807) is 0 Å². The molecule has 0 aliphatic rings. The Bertz CT molecular complexity index is 958. The van der Waals surface area contributed by atoms with Gasteiger partial charge in [-0.05, 0) is 13.0 Å². The van der Waals surface area contributed by atoms with Gasteiger partial charge in [0.15, 0.2) is 0 Å². The molecule has 0 saturated carbocycles. The molecule has 2 rings (SSSR count). The molecule has 9 heteroatoms. The standard InChI is InChI=1S/C14H12BrN3O5/c1-7-11(13(20)17(3)14(21)16(7)2)12(19)9-6-8(18(22)23)4-5-10(9)15/h4-6H,1-3H3. The van der Waals surface area contributed by atoms with Gasteiger partial charge in [0, 0.05) is 42.0 Å². The van der Waals surface area contributed by atoms with Crippen LogP contribution in [-0.2, 0) is 14.1 Å².